The van der Waals surface area contributed by atoms with E-state index in [9.17, 15) is 18.3 Å². The number of rotatable bonds is 4. The molecule has 0 spiro atoms. The summed E-state index contributed by atoms with van der Waals surface area (Å²) in [5, 5.41) is 12.6. The maximum Gasteiger partial charge on any atom is 0.416 e. The van der Waals surface area contributed by atoms with Gasteiger partial charge in [0.05, 0.1) is 5.56 Å². The second-order valence-electron chi connectivity index (χ2n) is 4.89. The molecule has 0 aliphatic heterocycles. The maximum atomic E-state index is 12.5. The quantitative estimate of drug-likeness (QED) is 0.883. The lowest BCUT2D eigenvalue weighted by atomic mass is 10.1. The van der Waals surface area contributed by atoms with Crippen LogP contribution >= 0.6 is 0 Å². The number of halogens is 3. The molecule has 2 nitrogen and oxygen atoms in total. The number of phenolic OH excluding ortho intramolecular Hbond substituents is 1. The molecule has 0 saturated carbocycles. The third-order valence-electron chi connectivity index (χ3n) is 3.26. The first kappa shape index (κ1) is 15.4. The Balaban J connectivity index is 1.99. The highest BCUT2D eigenvalue weighted by atomic mass is 19.4. The van der Waals surface area contributed by atoms with Crippen molar-refractivity contribution in [1.82, 2.24) is 5.32 Å². The van der Waals surface area contributed by atoms with Gasteiger partial charge in [0.25, 0.3) is 0 Å². The third-order valence-corrected chi connectivity index (χ3v) is 3.26. The van der Waals surface area contributed by atoms with Crippen LogP contribution in [0.25, 0.3) is 0 Å². The molecule has 0 amide bonds. The van der Waals surface area contributed by atoms with E-state index in [0.29, 0.717) is 6.54 Å². The fraction of sp³-hybridized carbons (Fsp3) is 0.250. The minimum Gasteiger partial charge on any atom is -0.508 e. The molecular formula is C16H16F3NO. The molecule has 0 heterocycles. The first-order valence-corrected chi connectivity index (χ1v) is 6.55. The molecule has 0 fully saturated rings. The largest absolute Gasteiger partial charge is 0.508 e. The minimum atomic E-state index is -4.31. The smallest absolute Gasteiger partial charge is 0.416 e. The molecular weight excluding hydrogens is 279 g/mol. The van der Waals surface area contributed by atoms with Crippen molar-refractivity contribution in [1.29, 1.82) is 0 Å². The van der Waals surface area contributed by atoms with Gasteiger partial charge >= 0.3 is 6.18 Å². The Bertz CT molecular complexity index is 593. The van der Waals surface area contributed by atoms with Crippen molar-refractivity contribution < 1.29 is 18.3 Å². The van der Waals surface area contributed by atoms with Crippen LogP contribution < -0.4 is 5.32 Å². The van der Waals surface area contributed by atoms with Crippen LogP contribution in [0.15, 0.2) is 48.5 Å². The average molecular weight is 295 g/mol. The van der Waals surface area contributed by atoms with Gasteiger partial charge in [-0.3, -0.25) is 0 Å². The van der Waals surface area contributed by atoms with Gasteiger partial charge in [-0.1, -0.05) is 24.3 Å². The number of alkyl halides is 3. The van der Waals surface area contributed by atoms with Crippen molar-refractivity contribution in [3.05, 3.63) is 65.2 Å². The Kier molecular flexibility index (Phi) is 4.53. The van der Waals surface area contributed by atoms with Crippen LogP contribution in [0.2, 0.25) is 0 Å². The van der Waals surface area contributed by atoms with Crippen LogP contribution in [0.4, 0.5) is 13.2 Å². The monoisotopic (exact) mass is 295 g/mol. The van der Waals surface area contributed by atoms with Crippen molar-refractivity contribution in [3.63, 3.8) is 0 Å². The van der Waals surface area contributed by atoms with E-state index in [1.807, 2.05) is 13.0 Å². The summed E-state index contributed by atoms with van der Waals surface area (Å²) in [6, 6.07) is 11.9. The van der Waals surface area contributed by atoms with Gasteiger partial charge in [0.1, 0.15) is 5.75 Å². The highest BCUT2D eigenvalue weighted by molar-refractivity contribution is 5.28. The van der Waals surface area contributed by atoms with Gasteiger partial charge in [-0.05, 0) is 42.3 Å². The van der Waals surface area contributed by atoms with E-state index in [1.54, 1.807) is 18.2 Å². The van der Waals surface area contributed by atoms with Gasteiger partial charge in [0.2, 0.25) is 0 Å². The minimum absolute atomic E-state index is 0.0883. The maximum absolute atomic E-state index is 12.5. The predicted octanol–water partition coefficient (Wildman–Crippen LogP) is 4.26. The zero-order valence-corrected chi connectivity index (χ0v) is 11.5. The molecule has 0 aliphatic carbocycles. The molecule has 5 heteroatoms. The molecule has 1 unspecified atom stereocenters. The number of nitrogens with one attached hydrogen (secondary N) is 1. The van der Waals surface area contributed by atoms with Gasteiger partial charge in [0.15, 0.2) is 0 Å². The molecule has 2 N–H and O–H groups in total. The van der Waals surface area contributed by atoms with Crippen LogP contribution in [0, 0.1) is 0 Å². The molecule has 0 bridgehead atoms. The average Bonchev–Trinajstić information content (AvgIpc) is 2.44. The molecule has 0 radical (unpaired) electrons. The molecule has 112 valence electrons. The van der Waals surface area contributed by atoms with E-state index in [2.05, 4.69) is 5.32 Å². The molecule has 0 saturated heterocycles. The number of hydrogen-bond acceptors (Lipinski definition) is 2. The van der Waals surface area contributed by atoms with Crippen molar-refractivity contribution in [2.24, 2.45) is 0 Å². The summed E-state index contributed by atoms with van der Waals surface area (Å²) in [5.74, 6) is 0.191. The van der Waals surface area contributed by atoms with Gasteiger partial charge in [0, 0.05) is 12.6 Å². The topological polar surface area (TPSA) is 32.3 Å². The fourth-order valence-corrected chi connectivity index (χ4v) is 2.02. The van der Waals surface area contributed by atoms with E-state index >= 15 is 0 Å². The van der Waals surface area contributed by atoms with Gasteiger partial charge in [-0.2, -0.15) is 13.2 Å². The summed E-state index contributed by atoms with van der Waals surface area (Å²) in [6.07, 6.45) is -4.31. The zero-order valence-electron chi connectivity index (χ0n) is 11.5. The summed E-state index contributed by atoms with van der Waals surface area (Å²) in [5.41, 5.74) is 1.04. The van der Waals surface area contributed by atoms with E-state index in [1.165, 1.54) is 12.1 Å². The van der Waals surface area contributed by atoms with Gasteiger partial charge in [-0.15, -0.1) is 0 Å². The summed E-state index contributed by atoms with van der Waals surface area (Å²) in [4.78, 5) is 0. The highest BCUT2D eigenvalue weighted by Gasteiger charge is 2.30. The zero-order chi connectivity index (χ0) is 15.5. The van der Waals surface area contributed by atoms with Crippen LogP contribution in [0.1, 0.15) is 29.7 Å². The lowest BCUT2D eigenvalue weighted by molar-refractivity contribution is -0.137. The number of benzene rings is 2. The summed E-state index contributed by atoms with van der Waals surface area (Å²) < 4.78 is 37.5. The first-order chi connectivity index (χ1) is 9.86. The number of phenols is 1. The standard InChI is InChI=1S/C16H16F3NO/c1-11(20-10-12-3-2-4-15(21)9-12)13-5-7-14(8-6-13)16(17,18)19/h2-9,11,20-21H,10H2,1H3. The molecule has 0 aliphatic rings. The molecule has 21 heavy (non-hydrogen) atoms. The SMILES string of the molecule is CC(NCc1cccc(O)c1)c1ccc(C(F)(F)F)cc1. The Morgan fingerprint density at radius 1 is 1.10 bits per heavy atom. The fourth-order valence-electron chi connectivity index (χ4n) is 2.02. The van der Waals surface area contributed by atoms with Gasteiger partial charge in [-0.25, -0.2) is 0 Å². The van der Waals surface area contributed by atoms with Crippen molar-refractivity contribution in [2.75, 3.05) is 0 Å². The first-order valence-electron chi connectivity index (χ1n) is 6.55. The van der Waals surface area contributed by atoms with E-state index in [0.717, 1.165) is 23.3 Å². The lowest BCUT2D eigenvalue weighted by Crippen LogP contribution is -2.18. The Morgan fingerprint density at radius 3 is 2.33 bits per heavy atom. The summed E-state index contributed by atoms with van der Waals surface area (Å²) in [7, 11) is 0. The predicted molar refractivity (Wildman–Crippen MR) is 74.8 cm³/mol. The van der Waals surface area contributed by atoms with Crippen molar-refractivity contribution in [2.45, 2.75) is 25.7 Å². The summed E-state index contributed by atoms with van der Waals surface area (Å²) >= 11 is 0. The lowest BCUT2D eigenvalue weighted by Gasteiger charge is -2.15. The van der Waals surface area contributed by atoms with Crippen molar-refractivity contribution in [3.8, 4) is 5.75 Å². The Morgan fingerprint density at radius 2 is 1.76 bits per heavy atom. The number of aromatic hydroxyl groups is 1. The Hall–Kier alpha value is -2.01. The normalized spacial score (nSPS) is 13.1. The molecule has 0 aromatic heterocycles. The molecule has 2 aromatic rings. The van der Waals surface area contributed by atoms with Crippen molar-refractivity contribution >= 4 is 0 Å². The molecule has 2 aromatic carbocycles. The van der Waals surface area contributed by atoms with Crippen LogP contribution in [0.5, 0.6) is 5.75 Å². The molecule has 2 rings (SSSR count). The summed E-state index contributed by atoms with van der Waals surface area (Å²) in [6.45, 7) is 2.40. The highest BCUT2D eigenvalue weighted by Crippen LogP contribution is 2.29. The second kappa shape index (κ2) is 6.18. The van der Waals surface area contributed by atoms with E-state index in [4.69, 9.17) is 0 Å². The number of hydrogen-bond donors (Lipinski definition) is 2. The Labute approximate surface area is 121 Å². The third kappa shape index (κ3) is 4.23. The van der Waals surface area contributed by atoms with E-state index in [-0.39, 0.29) is 11.8 Å². The van der Waals surface area contributed by atoms with Crippen LogP contribution in [-0.2, 0) is 12.7 Å². The van der Waals surface area contributed by atoms with Crippen LogP contribution in [-0.4, -0.2) is 5.11 Å². The molecule has 1 atom stereocenters. The van der Waals surface area contributed by atoms with Crippen LogP contribution in [0.3, 0.4) is 0 Å². The second-order valence-corrected chi connectivity index (χ2v) is 4.89. The van der Waals surface area contributed by atoms with Gasteiger partial charge < -0.3 is 10.4 Å². The van der Waals surface area contributed by atoms with E-state index < -0.39 is 11.7 Å².